The lowest BCUT2D eigenvalue weighted by Gasteiger charge is -2.13. The highest BCUT2D eigenvalue weighted by Gasteiger charge is 2.23. The van der Waals surface area contributed by atoms with E-state index in [0.717, 1.165) is 11.6 Å². The predicted octanol–water partition coefficient (Wildman–Crippen LogP) is 3.73. The second-order valence-electron chi connectivity index (χ2n) is 6.28. The molecule has 2 heteroatoms. The molecule has 0 aromatic heterocycles. The predicted molar refractivity (Wildman–Crippen MR) is 81.2 cm³/mol. The van der Waals surface area contributed by atoms with Gasteiger partial charge in [-0.15, -0.1) is 5.54 Å². The molecular formula is C16H23NSi. The van der Waals surface area contributed by atoms with E-state index < -0.39 is 8.07 Å². The molecule has 1 fully saturated rings. The van der Waals surface area contributed by atoms with Crippen LogP contribution in [-0.2, 0) is 0 Å². The highest BCUT2D eigenvalue weighted by molar-refractivity contribution is 6.83. The van der Waals surface area contributed by atoms with Crippen LogP contribution in [0.2, 0.25) is 19.6 Å². The molecule has 0 heterocycles. The van der Waals surface area contributed by atoms with Crippen LogP contribution in [-0.4, -0.2) is 14.1 Å². The van der Waals surface area contributed by atoms with E-state index in [1.54, 1.807) is 0 Å². The molecule has 1 aliphatic rings. The van der Waals surface area contributed by atoms with Crippen LogP contribution in [0, 0.1) is 11.5 Å². The van der Waals surface area contributed by atoms with E-state index in [9.17, 15) is 0 Å². The molecule has 1 aliphatic carbocycles. The quantitative estimate of drug-likeness (QED) is 0.643. The molecule has 0 aliphatic heterocycles. The maximum absolute atomic E-state index is 3.62. The van der Waals surface area contributed by atoms with Crippen molar-refractivity contribution < 1.29 is 0 Å². The molecule has 0 spiro atoms. The zero-order valence-electron chi connectivity index (χ0n) is 11.9. The summed E-state index contributed by atoms with van der Waals surface area (Å²) in [6.07, 6.45) is 2.67. The van der Waals surface area contributed by atoms with Gasteiger partial charge >= 0.3 is 0 Å². The molecule has 1 atom stereocenters. The second kappa shape index (κ2) is 5.30. The molecule has 18 heavy (non-hydrogen) atoms. The van der Waals surface area contributed by atoms with Gasteiger partial charge in [-0.05, 0) is 37.5 Å². The van der Waals surface area contributed by atoms with Crippen molar-refractivity contribution in [3.63, 3.8) is 0 Å². The molecular weight excluding hydrogens is 234 g/mol. The first kappa shape index (κ1) is 13.4. The third-order valence-electron chi connectivity index (χ3n) is 3.06. The van der Waals surface area contributed by atoms with Crippen LogP contribution in [0.3, 0.4) is 0 Å². The minimum atomic E-state index is -1.26. The maximum Gasteiger partial charge on any atom is 0.129 e. The molecule has 1 saturated carbocycles. The van der Waals surface area contributed by atoms with Gasteiger partial charge in [-0.3, -0.25) is 0 Å². The van der Waals surface area contributed by atoms with E-state index >= 15 is 0 Å². The number of nitrogens with one attached hydrogen (secondary N) is 1. The van der Waals surface area contributed by atoms with E-state index in [1.807, 2.05) is 0 Å². The molecule has 1 aromatic carbocycles. The minimum Gasteiger partial charge on any atom is -0.307 e. The smallest absolute Gasteiger partial charge is 0.129 e. The SMILES string of the molecule is C[C@H](NC1CC1)c1ccc(C#C[Si](C)(C)C)cc1. The average molecular weight is 257 g/mol. The van der Waals surface area contributed by atoms with Gasteiger partial charge in [-0.1, -0.05) is 37.7 Å². The van der Waals surface area contributed by atoms with E-state index in [4.69, 9.17) is 0 Å². The molecule has 0 radical (unpaired) electrons. The summed E-state index contributed by atoms with van der Waals surface area (Å²) in [5, 5.41) is 3.62. The Hall–Kier alpha value is -1.04. The summed E-state index contributed by atoms with van der Waals surface area (Å²) in [6.45, 7) is 9.06. The van der Waals surface area contributed by atoms with Crippen molar-refractivity contribution in [2.75, 3.05) is 0 Å². The molecule has 2 rings (SSSR count). The summed E-state index contributed by atoms with van der Waals surface area (Å²) in [4.78, 5) is 0. The molecule has 0 unspecified atom stereocenters. The van der Waals surface area contributed by atoms with Gasteiger partial charge in [-0.25, -0.2) is 0 Å². The number of hydrogen-bond donors (Lipinski definition) is 1. The lowest BCUT2D eigenvalue weighted by Crippen LogP contribution is -2.20. The van der Waals surface area contributed by atoms with Crippen LogP contribution in [0.5, 0.6) is 0 Å². The van der Waals surface area contributed by atoms with Crippen LogP contribution in [0.25, 0.3) is 0 Å². The normalized spacial score (nSPS) is 16.9. The molecule has 1 aromatic rings. The van der Waals surface area contributed by atoms with Crippen LogP contribution < -0.4 is 5.32 Å². The number of benzene rings is 1. The molecule has 1 nitrogen and oxygen atoms in total. The molecule has 0 bridgehead atoms. The number of hydrogen-bond acceptors (Lipinski definition) is 1. The third kappa shape index (κ3) is 4.32. The average Bonchev–Trinajstić information content (AvgIpc) is 3.10. The lowest BCUT2D eigenvalue weighted by atomic mass is 10.1. The third-order valence-corrected chi connectivity index (χ3v) is 3.93. The summed E-state index contributed by atoms with van der Waals surface area (Å²) in [5.74, 6) is 3.30. The monoisotopic (exact) mass is 257 g/mol. The molecule has 0 amide bonds. The van der Waals surface area contributed by atoms with E-state index in [0.29, 0.717) is 6.04 Å². The number of rotatable bonds is 3. The first-order valence-electron chi connectivity index (χ1n) is 6.83. The van der Waals surface area contributed by atoms with Gasteiger partial charge in [0.05, 0.1) is 0 Å². The Morgan fingerprint density at radius 2 is 1.78 bits per heavy atom. The van der Waals surface area contributed by atoms with E-state index in [-0.39, 0.29) is 0 Å². The minimum absolute atomic E-state index is 0.455. The van der Waals surface area contributed by atoms with Crippen molar-refractivity contribution in [2.24, 2.45) is 0 Å². The van der Waals surface area contributed by atoms with Crippen LogP contribution in [0.4, 0.5) is 0 Å². The fraction of sp³-hybridized carbons (Fsp3) is 0.500. The molecule has 96 valence electrons. The molecule has 1 N–H and O–H groups in total. The summed E-state index contributed by atoms with van der Waals surface area (Å²) in [7, 11) is -1.26. The maximum atomic E-state index is 3.62. The Morgan fingerprint density at radius 3 is 2.28 bits per heavy atom. The van der Waals surface area contributed by atoms with Gasteiger partial charge < -0.3 is 5.32 Å². The highest BCUT2D eigenvalue weighted by atomic mass is 28.3. The first-order valence-corrected chi connectivity index (χ1v) is 10.3. The van der Waals surface area contributed by atoms with Crippen molar-refractivity contribution >= 4 is 8.07 Å². The largest absolute Gasteiger partial charge is 0.307 e. The van der Waals surface area contributed by atoms with Crippen molar-refractivity contribution in [1.82, 2.24) is 5.32 Å². The first-order chi connectivity index (χ1) is 8.44. The summed E-state index contributed by atoms with van der Waals surface area (Å²) in [5.41, 5.74) is 5.90. The Bertz CT molecular complexity index is 455. The lowest BCUT2D eigenvalue weighted by molar-refractivity contribution is 0.571. The zero-order chi connectivity index (χ0) is 13.2. The second-order valence-corrected chi connectivity index (χ2v) is 11.0. The van der Waals surface area contributed by atoms with Gasteiger partial charge in [0.2, 0.25) is 0 Å². The topological polar surface area (TPSA) is 12.0 Å². The van der Waals surface area contributed by atoms with Crippen molar-refractivity contribution in [1.29, 1.82) is 0 Å². The highest BCUT2D eigenvalue weighted by Crippen LogP contribution is 2.24. The van der Waals surface area contributed by atoms with E-state index in [2.05, 4.69) is 67.6 Å². The Labute approximate surface area is 112 Å². The van der Waals surface area contributed by atoms with Gasteiger partial charge in [0, 0.05) is 17.6 Å². The fourth-order valence-corrected chi connectivity index (χ4v) is 2.33. The standard InChI is InChI=1S/C16H23NSi/c1-13(17-16-9-10-16)15-7-5-14(6-8-15)11-12-18(2,3)4/h5-8,13,16-17H,9-10H2,1-4H3/t13-/m0/s1. The molecule has 0 saturated heterocycles. The van der Waals surface area contributed by atoms with Crippen molar-refractivity contribution in [3.8, 4) is 11.5 Å². The van der Waals surface area contributed by atoms with Crippen molar-refractivity contribution in [2.45, 2.75) is 51.5 Å². The van der Waals surface area contributed by atoms with Crippen LogP contribution in [0.1, 0.15) is 36.9 Å². The van der Waals surface area contributed by atoms with Crippen LogP contribution in [0.15, 0.2) is 24.3 Å². The van der Waals surface area contributed by atoms with Gasteiger partial charge in [-0.2, -0.15) is 0 Å². The Morgan fingerprint density at radius 1 is 1.17 bits per heavy atom. The van der Waals surface area contributed by atoms with E-state index in [1.165, 1.54) is 18.4 Å². The van der Waals surface area contributed by atoms with Gasteiger partial charge in [0.1, 0.15) is 8.07 Å². The fourth-order valence-electron chi connectivity index (χ4n) is 1.81. The van der Waals surface area contributed by atoms with Crippen molar-refractivity contribution in [3.05, 3.63) is 35.4 Å². The summed E-state index contributed by atoms with van der Waals surface area (Å²) >= 11 is 0. The van der Waals surface area contributed by atoms with Crippen LogP contribution >= 0.6 is 0 Å². The summed E-state index contributed by atoms with van der Waals surface area (Å²) in [6, 6.07) is 9.91. The zero-order valence-corrected chi connectivity index (χ0v) is 12.9. The van der Waals surface area contributed by atoms with Gasteiger partial charge in [0.15, 0.2) is 0 Å². The Kier molecular flexibility index (Phi) is 3.94. The Balaban J connectivity index is 2.01. The van der Waals surface area contributed by atoms with Gasteiger partial charge in [0.25, 0.3) is 0 Å². The summed E-state index contributed by atoms with van der Waals surface area (Å²) < 4.78 is 0.